The summed E-state index contributed by atoms with van der Waals surface area (Å²) in [5, 5.41) is 0. The van der Waals surface area contributed by atoms with Crippen molar-refractivity contribution in [1.82, 2.24) is 5.43 Å². The predicted octanol–water partition coefficient (Wildman–Crippen LogP) is 3.44. The smallest absolute Gasteiger partial charge is 0.271 e. The van der Waals surface area contributed by atoms with Crippen molar-refractivity contribution >= 4 is 0 Å². The third-order valence-electron chi connectivity index (χ3n) is 3.14. The summed E-state index contributed by atoms with van der Waals surface area (Å²) >= 11 is 0. The molecule has 0 amide bonds. The van der Waals surface area contributed by atoms with Crippen molar-refractivity contribution in [2.24, 2.45) is 5.84 Å². The summed E-state index contributed by atoms with van der Waals surface area (Å²) in [6, 6.07) is -0.0262. The van der Waals surface area contributed by atoms with Crippen molar-refractivity contribution in [3.63, 3.8) is 0 Å². The molecule has 1 aliphatic rings. The van der Waals surface area contributed by atoms with Crippen LogP contribution in [-0.2, 0) is 0 Å². The zero-order valence-electron chi connectivity index (χ0n) is 10.0. The monoisotopic (exact) mass is 250 g/mol. The van der Waals surface area contributed by atoms with E-state index in [2.05, 4.69) is 11.5 Å². The van der Waals surface area contributed by atoms with E-state index >= 15 is 0 Å². The first-order valence-corrected chi connectivity index (χ1v) is 6.22. The first kappa shape index (κ1) is 14.5. The summed E-state index contributed by atoms with van der Waals surface area (Å²) in [4.78, 5) is 0. The van der Waals surface area contributed by atoms with Gasteiger partial charge in [0.05, 0.1) is 0 Å². The minimum absolute atomic E-state index is 0.0262. The lowest BCUT2D eigenvalue weighted by atomic mass is 9.93. The van der Waals surface area contributed by atoms with Crippen LogP contribution < -0.4 is 11.3 Å². The zero-order chi connectivity index (χ0) is 12.7. The lowest BCUT2D eigenvalue weighted by molar-refractivity contribution is -0.135. The summed E-state index contributed by atoms with van der Waals surface area (Å²) in [6.45, 7) is 0. The van der Waals surface area contributed by atoms with E-state index in [1.54, 1.807) is 0 Å². The van der Waals surface area contributed by atoms with Gasteiger partial charge in [0.1, 0.15) is 0 Å². The van der Waals surface area contributed by atoms with Gasteiger partial charge >= 0.3 is 6.18 Å². The van der Waals surface area contributed by atoms with Gasteiger partial charge in [-0.2, -0.15) is 13.2 Å². The normalized spacial score (nSPS) is 18.9. The van der Waals surface area contributed by atoms with E-state index < -0.39 is 12.6 Å². The molecule has 1 aliphatic carbocycles. The molecule has 0 heterocycles. The lowest BCUT2D eigenvalue weighted by Crippen LogP contribution is -2.35. The van der Waals surface area contributed by atoms with Crippen molar-refractivity contribution in [2.45, 2.75) is 63.6 Å². The molecule has 0 aromatic heterocycles. The zero-order valence-corrected chi connectivity index (χ0v) is 10.0. The fourth-order valence-electron chi connectivity index (χ4n) is 2.20. The molecular formula is C12H21F3N2. The van der Waals surface area contributed by atoms with Crippen molar-refractivity contribution < 1.29 is 13.2 Å². The van der Waals surface area contributed by atoms with Crippen LogP contribution in [0, 0.1) is 0 Å². The summed E-state index contributed by atoms with van der Waals surface area (Å²) < 4.78 is 36.0. The molecule has 2 nitrogen and oxygen atoms in total. The van der Waals surface area contributed by atoms with Crippen LogP contribution >= 0.6 is 0 Å². The molecule has 0 fully saturated rings. The second kappa shape index (κ2) is 7.01. The molecule has 0 spiro atoms. The fourth-order valence-corrected chi connectivity index (χ4v) is 2.20. The average molecular weight is 250 g/mol. The predicted molar refractivity (Wildman–Crippen MR) is 62.2 cm³/mol. The highest BCUT2D eigenvalue weighted by Gasteiger charge is 2.26. The maximum absolute atomic E-state index is 12.0. The molecule has 0 saturated carbocycles. The number of nitrogens with two attached hydrogens (primary N) is 1. The Bertz CT molecular complexity index is 249. The minimum Gasteiger partial charge on any atom is -0.271 e. The van der Waals surface area contributed by atoms with E-state index in [0.29, 0.717) is 6.42 Å². The highest BCUT2D eigenvalue weighted by atomic mass is 19.4. The van der Waals surface area contributed by atoms with E-state index in [4.69, 9.17) is 5.84 Å². The van der Waals surface area contributed by atoms with Gasteiger partial charge < -0.3 is 0 Å². The first-order valence-electron chi connectivity index (χ1n) is 6.22. The van der Waals surface area contributed by atoms with Gasteiger partial charge in [-0.1, -0.05) is 11.6 Å². The lowest BCUT2D eigenvalue weighted by Gasteiger charge is -2.20. The van der Waals surface area contributed by atoms with Gasteiger partial charge in [0.2, 0.25) is 0 Å². The number of alkyl halides is 3. The van der Waals surface area contributed by atoms with Gasteiger partial charge in [-0.05, 0) is 44.9 Å². The Hall–Kier alpha value is -0.550. The van der Waals surface area contributed by atoms with Crippen LogP contribution in [0.15, 0.2) is 11.6 Å². The molecule has 3 N–H and O–H groups in total. The number of nitrogens with one attached hydrogen (secondary N) is 1. The van der Waals surface area contributed by atoms with Gasteiger partial charge in [-0.25, -0.2) is 0 Å². The Morgan fingerprint density at radius 1 is 1.35 bits per heavy atom. The highest BCUT2D eigenvalue weighted by molar-refractivity contribution is 5.06. The number of hydrogen-bond acceptors (Lipinski definition) is 2. The molecule has 1 unspecified atom stereocenters. The van der Waals surface area contributed by atoms with E-state index in [1.165, 1.54) is 18.4 Å². The van der Waals surface area contributed by atoms with Crippen molar-refractivity contribution in [1.29, 1.82) is 0 Å². The van der Waals surface area contributed by atoms with Crippen molar-refractivity contribution in [2.75, 3.05) is 0 Å². The van der Waals surface area contributed by atoms with Crippen molar-refractivity contribution in [3.05, 3.63) is 11.6 Å². The molecule has 0 aromatic rings. The first-order chi connectivity index (χ1) is 8.01. The van der Waals surface area contributed by atoms with Gasteiger partial charge in [0.25, 0.3) is 0 Å². The van der Waals surface area contributed by atoms with E-state index in [9.17, 15) is 13.2 Å². The van der Waals surface area contributed by atoms with Gasteiger partial charge in [0, 0.05) is 12.5 Å². The van der Waals surface area contributed by atoms with Crippen LogP contribution in [0.2, 0.25) is 0 Å². The molecule has 0 saturated heterocycles. The second-order valence-corrected chi connectivity index (χ2v) is 4.68. The Morgan fingerprint density at radius 2 is 2.12 bits per heavy atom. The molecule has 1 rings (SSSR count). The fraction of sp³-hybridized carbons (Fsp3) is 0.833. The number of halogens is 3. The van der Waals surface area contributed by atoms with Crippen molar-refractivity contribution in [3.8, 4) is 0 Å². The maximum atomic E-state index is 12.0. The van der Waals surface area contributed by atoms with Crippen LogP contribution in [0.5, 0.6) is 0 Å². The van der Waals surface area contributed by atoms with Crippen LogP contribution in [-0.4, -0.2) is 12.2 Å². The molecule has 0 aliphatic heterocycles. The summed E-state index contributed by atoms with van der Waals surface area (Å²) in [7, 11) is 0. The van der Waals surface area contributed by atoms with E-state index in [1.807, 2.05) is 0 Å². The number of allylic oxidation sites excluding steroid dienone is 1. The van der Waals surface area contributed by atoms with E-state index in [0.717, 1.165) is 19.3 Å². The summed E-state index contributed by atoms with van der Waals surface area (Å²) in [5.74, 6) is 5.38. The Kier molecular flexibility index (Phi) is 5.98. The molecule has 0 aromatic carbocycles. The largest absolute Gasteiger partial charge is 0.389 e. The maximum Gasteiger partial charge on any atom is 0.389 e. The Morgan fingerprint density at radius 3 is 2.65 bits per heavy atom. The molecule has 17 heavy (non-hydrogen) atoms. The SMILES string of the molecule is NNC(CCCC(F)(F)F)CC1=CCCCC1. The molecule has 0 radical (unpaired) electrons. The van der Waals surface area contributed by atoms with Gasteiger partial charge in [-0.15, -0.1) is 0 Å². The molecule has 0 bridgehead atoms. The third-order valence-corrected chi connectivity index (χ3v) is 3.14. The van der Waals surface area contributed by atoms with Crippen LogP contribution in [0.25, 0.3) is 0 Å². The topological polar surface area (TPSA) is 38.0 Å². The number of hydrazine groups is 1. The van der Waals surface area contributed by atoms with Crippen LogP contribution in [0.4, 0.5) is 13.2 Å². The van der Waals surface area contributed by atoms with Gasteiger partial charge in [-0.3, -0.25) is 11.3 Å². The number of hydrogen-bond donors (Lipinski definition) is 2. The second-order valence-electron chi connectivity index (χ2n) is 4.68. The number of rotatable bonds is 6. The molecular weight excluding hydrogens is 229 g/mol. The standard InChI is InChI=1S/C12H21F3N2/c13-12(14,15)8-4-7-11(17-16)9-10-5-2-1-3-6-10/h5,11,17H,1-4,6-9,16H2. The molecule has 5 heteroatoms. The summed E-state index contributed by atoms with van der Waals surface area (Å²) in [5.41, 5.74) is 3.97. The minimum atomic E-state index is -4.05. The van der Waals surface area contributed by atoms with Crippen LogP contribution in [0.3, 0.4) is 0 Å². The third kappa shape index (κ3) is 6.68. The molecule has 1 atom stereocenters. The Balaban J connectivity index is 2.26. The highest BCUT2D eigenvalue weighted by Crippen LogP contribution is 2.25. The summed E-state index contributed by atoms with van der Waals surface area (Å²) in [6.07, 6.45) is 3.41. The van der Waals surface area contributed by atoms with Gasteiger partial charge in [0.15, 0.2) is 0 Å². The average Bonchev–Trinajstić information content (AvgIpc) is 2.27. The molecule has 100 valence electrons. The van der Waals surface area contributed by atoms with Crippen LogP contribution in [0.1, 0.15) is 51.4 Å². The quantitative estimate of drug-likeness (QED) is 0.430. The van der Waals surface area contributed by atoms with E-state index in [-0.39, 0.29) is 12.5 Å². The Labute approximate surface area is 100 Å².